The second-order valence-electron chi connectivity index (χ2n) is 20.8. The lowest BCUT2D eigenvalue weighted by Gasteiger charge is -2.18. The first-order valence-corrected chi connectivity index (χ1v) is 29.4. The third kappa shape index (κ3) is 53.2. The predicted octanol–water partition coefficient (Wildman–Crippen LogP) is 19.4. The molecule has 0 aliphatic heterocycles. The number of hydrogen-bond donors (Lipinski definition) is 0. The van der Waals surface area contributed by atoms with Gasteiger partial charge in [0.1, 0.15) is 13.2 Å². The number of esters is 3. The average Bonchev–Trinajstić information content (AvgIpc) is 3.29. The highest BCUT2D eigenvalue weighted by atomic mass is 16.6. The topological polar surface area (TPSA) is 78.9 Å². The summed E-state index contributed by atoms with van der Waals surface area (Å²) in [6.07, 6.45) is 58.2. The summed E-state index contributed by atoms with van der Waals surface area (Å²) in [5.41, 5.74) is 0. The molecule has 0 aromatic carbocycles. The average molecular weight is 920 g/mol. The molecule has 0 N–H and O–H groups in total. The minimum absolute atomic E-state index is 0.0623. The fourth-order valence-electron chi connectivity index (χ4n) is 9.10. The predicted molar refractivity (Wildman–Crippen MR) is 280 cm³/mol. The van der Waals surface area contributed by atoms with E-state index in [1.807, 2.05) is 0 Å². The quantitative estimate of drug-likeness (QED) is 0.0344. The minimum Gasteiger partial charge on any atom is -0.462 e. The van der Waals surface area contributed by atoms with Crippen LogP contribution >= 0.6 is 0 Å². The van der Waals surface area contributed by atoms with Crippen LogP contribution in [0.25, 0.3) is 0 Å². The van der Waals surface area contributed by atoms with Gasteiger partial charge in [-0.3, -0.25) is 14.4 Å². The van der Waals surface area contributed by atoms with E-state index in [0.717, 1.165) is 63.7 Å². The number of carbonyl (C=O) groups excluding carboxylic acids is 3. The van der Waals surface area contributed by atoms with Gasteiger partial charge in [-0.05, 0) is 25.2 Å². The Labute approximate surface area is 406 Å². The van der Waals surface area contributed by atoms with Crippen LogP contribution < -0.4 is 0 Å². The van der Waals surface area contributed by atoms with Gasteiger partial charge in [0.05, 0.1) is 0 Å². The maximum absolute atomic E-state index is 12.9. The third-order valence-corrected chi connectivity index (χ3v) is 13.5. The maximum Gasteiger partial charge on any atom is 0.306 e. The summed E-state index contributed by atoms with van der Waals surface area (Å²) < 4.78 is 16.9. The molecule has 0 aliphatic carbocycles. The van der Waals surface area contributed by atoms with Crippen molar-refractivity contribution in [3.8, 4) is 0 Å². The molecule has 0 spiro atoms. The molecule has 0 aromatic rings. The van der Waals surface area contributed by atoms with Crippen LogP contribution in [0.5, 0.6) is 0 Å². The van der Waals surface area contributed by atoms with Gasteiger partial charge in [-0.25, -0.2) is 0 Å². The van der Waals surface area contributed by atoms with Crippen molar-refractivity contribution in [2.75, 3.05) is 13.2 Å². The van der Waals surface area contributed by atoms with E-state index in [1.54, 1.807) is 0 Å². The van der Waals surface area contributed by atoms with Crippen LogP contribution in [0.4, 0.5) is 0 Å². The molecule has 6 heteroatoms. The Morgan fingerprint density at radius 1 is 0.292 bits per heavy atom. The molecule has 0 radical (unpaired) electrons. The molecular formula is C59H114O6. The summed E-state index contributed by atoms with van der Waals surface area (Å²) in [6.45, 7) is 9.03. The van der Waals surface area contributed by atoms with Crippen molar-refractivity contribution in [1.29, 1.82) is 0 Å². The van der Waals surface area contributed by atoms with Crippen LogP contribution in [0.2, 0.25) is 0 Å². The molecule has 0 aliphatic rings. The summed E-state index contributed by atoms with van der Waals surface area (Å²) in [4.78, 5) is 38.1. The molecule has 0 saturated heterocycles. The highest BCUT2D eigenvalue weighted by Gasteiger charge is 2.19. The molecule has 65 heavy (non-hydrogen) atoms. The summed E-state index contributed by atoms with van der Waals surface area (Å²) in [6, 6.07) is 0. The first-order chi connectivity index (χ1) is 31.9. The molecular weight excluding hydrogens is 805 g/mol. The van der Waals surface area contributed by atoms with E-state index >= 15 is 0 Å². The molecule has 0 unspecified atom stereocenters. The van der Waals surface area contributed by atoms with Gasteiger partial charge < -0.3 is 14.2 Å². The molecule has 0 aromatic heterocycles. The Bertz CT molecular complexity index is 980. The minimum atomic E-state index is -0.762. The highest BCUT2D eigenvalue weighted by molar-refractivity contribution is 5.71. The normalized spacial score (nSPS) is 12.0. The van der Waals surface area contributed by atoms with Crippen molar-refractivity contribution in [3.63, 3.8) is 0 Å². The lowest BCUT2D eigenvalue weighted by atomic mass is 10.0. The third-order valence-electron chi connectivity index (χ3n) is 13.5. The lowest BCUT2D eigenvalue weighted by molar-refractivity contribution is -0.167. The van der Waals surface area contributed by atoms with E-state index < -0.39 is 6.10 Å². The van der Waals surface area contributed by atoms with Crippen molar-refractivity contribution in [2.24, 2.45) is 5.92 Å². The Morgan fingerprint density at radius 3 is 0.754 bits per heavy atom. The summed E-state index contributed by atoms with van der Waals surface area (Å²) >= 11 is 0. The van der Waals surface area contributed by atoms with E-state index in [-0.39, 0.29) is 31.1 Å². The van der Waals surface area contributed by atoms with Gasteiger partial charge in [-0.1, -0.05) is 297 Å². The van der Waals surface area contributed by atoms with Crippen molar-refractivity contribution < 1.29 is 28.6 Å². The van der Waals surface area contributed by atoms with Crippen molar-refractivity contribution in [1.82, 2.24) is 0 Å². The molecule has 0 fully saturated rings. The lowest BCUT2D eigenvalue weighted by Crippen LogP contribution is -2.30. The molecule has 0 rings (SSSR count). The van der Waals surface area contributed by atoms with Crippen molar-refractivity contribution >= 4 is 17.9 Å². The van der Waals surface area contributed by atoms with E-state index in [4.69, 9.17) is 14.2 Å². The SMILES string of the molecule is CCCCCCCCCCCCCCCCCCCCC(=O)OC[C@@H](COC(=O)CCCCCCCCCCC(C)C)OC(=O)CCCCCCCCCCCCCCCCCCCC. The molecule has 0 heterocycles. The van der Waals surface area contributed by atoms with Gasteiger partial charge >= 0.3 is 17.9 Å². The zero-order chi connectivity index (χ0) is 47.4. The molecule has 6 nitrogen and oxygen atoms in total. The molecule has 386 valence electrons. The zero-order valence-electron chi connectivity index (χ0n) is 44.5. The van der Waals surface area contributed by atoms with Crippen LogP contribution in [0.15, 0.2) is 0 Å². The Hall–Kier alpha value is -1.59. The Balaban J connectivity index is 4.25. The van der Waals surface area contributed by atoms with E-state index in [2.05, 4.69) is 27.7 Å². The Kier molecular flexibility index (Phi) is 52.1. The molecule has 0 saturated carbocycles. The number of hydrogen-bond acceptors (Lipinski definition) is 6. The first-order valence-electron chi connectivity index (χ1n) is 29.4. The largest absolute Gasteiger partial charge is 0.462 e. The zero-order valence-corrected chi connectivity index (χ0v) is 44.5. The highest BCUT2D eigenvalue weighted by Crippen LogP contribution is 2.18. The summed E-state index contributed by atoms with van der Waals surface area (Å²) in [5, 5.41) is 0. The van der Waals surface area contributed by atoms with E-state index in [9.17, 15) is 14.4 Å². The second-order valence-corrected chi connectivity index (χ2v) is 20.8. The van der Waals surface area contributed by atoms with Crippen molar-refractivity contribution in [2.45, 2.75) is 342 Å². The monoisotopic (exact) mass is 919 g/mol. The van der Waals surface area contributed by atoms with Crippen LogP contribution in [-0.4, -0.2) is 37.2 Å². The smallest absolute Gasteiger partial charge is 0.306 e. The summed E-state index contributed by atoms with van der Waals surface area (Å²) in [5.74, 6) is -0.0411. The standard InChI is InChI=1S/C59H114O6/c1-5-7-9-11-13-15-17-19-21-23-25-27-29-31-33-38-42-46-50-57(60)63-53-56(54-64-58(61)51-47-43-39-36-35-37-41-45-49-55(3)4)65-59(62)52-48-44-40-34-32-30-28-26-24-22-20-18-16-14-12-10-8-6-2/h55-56H,5-54H2,1-4H3/t56-/m0/s1. The van der Waals surface area contributed by atoms with Crippen LogP contribution in [0, 0.1) is 5.92 Å². The first kappa shape index (κ1) is 63.4. The van der Waals surface area contributed by atoms with Gasteiger partial charge in [-0.2, -0.15) is 0 Å². The van der Waals surface area contributed by atoms with Gasteiger partial charge in [0.25, 0.3) is 0 Å². The van der Waals surface area contributed by atoms with Gasteiger partial charge in [-0.15, -0.1) is 0 Å². The van der Waals surface area contributed by atoms with Crippen molar-refractivity contribution in [3.05, 3.63) is 0 Å². The number of carbonyl (C=O) groups is 3. The second kappa shape index (κ2) is 53.4. The molecule has 0 bridgehead atoms. The van der Waals surface area contributed by atoms with E-state index in [1.165, 1.54) is 231 Å². The van der Waals surface area contributed by atoms with Crippen LogP contribution in [0.1, 0.15) is 336 Å². The maximum atomic E-state index is 12.9. The number of rotatable bonds is 54. The molecule has 1 atom stereocenters. The summed E-state index contributed by atoms with van der Waals surface area (Å²) in [7, 11) is 0. The van der Waals surface area contributed by atoms with Gasteiger partial charge in [0.15, 0.2) is 6.10 Å². The van der Waals surface area contributed by atoms with Gasteiger partial charge in [0, 0.05) is 19.3 Å². The van der Waals surface area contributed by atoms with Crippen LogP contribution in [0.3, 0.4) is 0 Å². The fraction of sp³-hybridized carbons (Fsp3) is 0.949. The van der Waals surface area contributed by atoms with Gasteiger partial charge in [0.2, 0.25) is 0 Å². The Morgan fingerprint density at radius 2 is 0.508 bits per heavy atom. The number of unbranched alkanes of at least 4 members (excludes halogenated alkanes) is 41. The van der Waals surface area contributed by atoms with E-state index in [0.29, 0.717) is 19.3 Å². The number of ether oxygens (including phenoxy) is 3. The molecule has 0 amide bonds. The fourth-order valence-corrected chi connectivity index (χ4v) is 9.10. The van der Waals surface area contributed by atoms with Crippen LogP contribution in [-0.2, 0) is 28.6 Å².